The van der Waals surface area contributed by atoms with Crippen LogP contribution in [0.2, 0.25) is 0 Å². The molecule has 0 N–H and O–H groups in total. The fourth-order valence-corrected chi connectivity index (χ4v) is 1.99. The lowest BCUT2D eigenvalue weighted by Gasteiger charge is -2.01. The van der Waals surface area contributed by atoms with E-state index in [1.165, 1.54) is 11.8 Å². The van der Waals surface area contributed by atoms with Crippen LogP contribution in [0.3, 0.4) is 0 Å². The molecule has 0 radical (unpaired) electrons. The second kappa shape index (κ2) is 4.49. The molecule has 1 aromatic carbocycles. The Labute approximate surface area is 97.7 Å². The van der Waals surface area contributed by atoms with Crippen LogP contribution in [0.5, 0.6) is 0 Å². The van der Waals surface area contributed by atoms with Crippen molar-refractivity contribution in [1.82, 2.24) is 14.8 Å². The number of aromatic nitrogens is 3. The maximum atomic E-state index is 11.1. The smallest absolute Gasteiger partial charge is 0.195 e. The van der Waals surface area contributed by atoms with Crippen LogP contribution in [0.15, 0.2) is 40.6 Å². The number of Topliss-reactive ketones (excluding diaryl/α,β-unsaturated/α-hetero) is 1. The number of hydrogen-bond donors (Lipinski definition) is 0. The van der Waals surface area contributed by atoms with Gasteiger partial charge in [0.25, 0.3) is 0 Å². The number of rotatable bonds is 3. The van der Waals surface area contributed by atoms with Crippen molar-refractivity contribution >= 4 is 17.5 Å². The Morgan fingerprint density at radius 1 is 1.31 bits per heavy atom. The largest absolute Gasteiger partial charge is 0.311 e. The molecular formula is C11H11N3OS. The molecule has 1 aromatic heterocycles. The molecule has 0 saturated heterocycles. The molecule has 82 valence electrons. The van der Waals surface area contributed by atoms with Crippen molar-refractivity contribution < 1.29 is 4.79 Å². The van der Waals surface area contributed by atoms with Crippen molar-refractivity contribution in [2.75, 3.05) is 0 Å². The van der Waals surface area contributed by atoms with E-state index in [9.17, 15) is 4.79 Å². The van der Waals surface area contributed by atoms with Crippen molar-refractivity contribution in [3.05, 3.63) is 36.2 Å². The summed E-state index contributed by atoms with van der Waals surface area (Å²) in [5.74, 6) is 0.0789. The van der Waals surface area contributed by atoms with Gasteiger partial charge in [-0.1, -0.05) is 12.1 Å². The number of hydrogen-bond acceptors (Lipinski definition) is 4. The van der Waals surface area contributed by atoms with Gasteiger partial charge in [0.15, 0.2) is 10.9 Å². The summed E-state index contributed by atoms with van der Waals surface area (Å²) >= 11 is 1.52. The van der Waals surface area contributed by atoms with Gasteiger partial charge in [-0.15, -0.1) is 10.2 Å². The molecule has 0 saturated carbocycles. The van der Waals surface area contributed by atoms with Crippen molar-refractivity contribution in [2.45, 2.75) is 17.0 Å². The van der Waals surface area contributed by atoms with Crippen LogP contribution in [-0.4, -0.2) is 20.5 Å². The third-order valence-corrected chi connectivity index (χ3v) is 3.20. The predicted molar refractivity (Wildman–Crippen MR) is 61.6 cm³/mol. The summed E-state index contributed by atoms with van der Waals surface area (Å²) in [7, 11) is 1.90. The number of nitrogens with zero attached hydrogens (tertiary/aromatic N) is 3. The number of carbonyl (C=O) groups is 1. The highest BCUT2D eigenvalue weighted by Gasteiger charge is 2.04. The van der Waals surface area contributed by atoms with Crippen LogP contribution in [0.1, 0.15) is 17.3 Å². The zero-order chi connectivity index (χ0) is 11.5. The minimum absolute atomic E-state index is 0.0789. The fraction of sp³-hybridized carbons (Fsp3) is 0.182. The fourth-order valence-electron chi connectivity index (χ4n) is 1.23. The molecule has 0 spiro atoms. The van der Waals surface area contributed by atoms with Gasteiger partial charge in [-0.25, -0.2) is 0 Å². The van der Waals surface area contributed by atoms with Crippen LogP contribution in [-0.2, 0) is 7.05 Å². The first-order chi connectivity index (χ1) is 7.66. The lowest BCUT2D eigenvalue weighted by atomic mass is 10.2. The first-order valence-corrected chi connectivity index (χ1v) is 5.61. The molecule has 4 nitrogen and oxygen atoms in total. The van der Waals surface area contributed by atoms with Crippen molar-refractivity contribution in [3.8, 4) is 0 Å². The van der Waals surface area contributed by atoms with Gasteiger partial charge >= 0.3 is 0 Å². The summed E-state index contributed by atoms with van der Waals surface area (Å²) in [6, 6.07) is 7.47. The van der Waals surface area contributed by atoms with Crippen LogP contribution in [0.25, 0.3) is 0 Å². The Morgan fingerprint density at radius 2 is 2.00 bits per heavy atom. The van der Waals surface area contributed by atoms with Gasteiger partial charge in [-0.3, -0.25) is 4.79 Å². The Balaban J connectivity index is 2.17. The lowest BCUT2D eigenvalue weighted by Crippen LogP contribution is -1.91. The Morgan fingerprint density at radius 3 is 2.50 bits per heavy atom. The summed E-state index contributed by atoms with van der Waals surface area (Å²) in [5.41, 5.74) is 0.724. The molecule has 2 aromatic rings. The summed E-state index contributed by atoms with van der Waals surface area (Å²) in [4.78, 5) is 12.1. The third kappa shape index (κ3) is 2.30. The molecule has 0 unspecified atom stereocenters. The van der Waals surface area contributed by atoms with Crippen LogP contribution < -0.4 is 0 Å². The Bertz CT molecular complexity index is 504. The summed E-state index contributed by atoms with van der Waals surface area (Å²) in [6.45, 7) is 1.56. The van der Waals surface area contributed by atoms with E-state index >= 15 is 0 Å². The molecule has 0 aliphatic rings. The predicted octanol–water partition coefficient (Wildman–Crippen LogP) is 2.17. The molecule has 0 fully saturated rings. The molecule has 1 heterocycles. The van der Waals surface area contributed by atoms with Crippen LogP contribution in [0, 0.1) is 0 Å². The van der Waals surface area contributed by atoms with Gasteiger partial charge in [0.1, 0.15) is 6.33 Å². The lowest BCUT2D eigenvalue weighted by molar-refractivity contribution is 0.101. The molecule has 0 atom stereocenters. The Kier molecular flexibility index (Phi) is 3.05. The second-order valence-corrected chi connectivity index (χ2v) is 4.45. The summed E-state index contributed by atoms with van der Waals surface area (Å²) < 4.78 is 1.85. The molecular weight excluding hydrogens is 222 g/mol. The van der Waals surface area contributed by atoms with E-state index in [0.29, 0.717) is 0 Å². The average Bonchev–Trinajstić information content (AvgIpc) is 2.65. The van der Waals surface area contributed by atoms with Crippen molar-refractivity contribution in [3.63, 3.8) is 0 Å². The molecule has 0 bridgehead atoms. The minimum atomic E-state index is 0.0789. The average molecular weight is 233 g/mol. The zero-order valence-corrected chi connectivity index (χ0v) is 9.86. The molecule has 0 aliphatic heterocycles. The highest BCUT2D eigenvalue weighted by Crippen LogP contribution is 2.25. The molecule has 16 heavy (non-hydrogen) atoms. The van der Waals surface area contributed by atoms with E-state index in [-0.39, 0.29) is 5.78 Å². The first kappa shape index (κ1) is 10.9. The number of benzene rings is 1. The van der Waals surface area contributed by atoms with Crippen molar-refractivity contribution in [1.29, 1.82) is 0 Å². The van der Waals surface area contributed by atoms with E-state index in [1.807, 2.05) is 35.9 Å². The normalized spacial score (nSPS) is 10.4. The number of carbonyl (C=O) groups excluding carboxylic acids is 1. The first-order valence-electron chi connectivity index (χ1n) is 4.79. The Hall–Kier alpha value is -1.62. The SMILES string of the molecule is CC(=O)c1ccc(Sc2nncn2C)cc1. The molecule has 0 aliphatic carbocycles. The maximum Gasteiger partial charge on any atom is 0.195 e. The molecule has 5 heteroatoms. The second-order valence-electron chi connectivity index (χ2n) is 3.41. The van der Waals surface area contributed by atoms with E-state index in [1.54, 1.807) is 13.3 Å². The van der Waals surface area contributed by atoms with E-state index in [2.05, 4.69) is 10.2 Å². The quantitative estimate of drug-likeness (QED) is 0.762. The highest BCUT2D eigenvalue weighted by atomic mass is 32.2. The van der Waals surface area contributed by atoms with Gasteiger partial charge in [0.2, 0.25) is 0 Å². The van der Waals surface area contributed by atoms with E-state index < -0.39 is 0 Å². The topological polar surface area (TPSA) is 47.8 Å². The summed E-state index contributed by atoms with van der Waals surface area (Å²) in [5, 5.41) is 8.61. The van der Waals surface area contributed by atoms with Gasteiger partial charge in [-0.05, 0) is 30.8 Å². The van der Waals surface area contributed by atoms with Crippen LogP contribution in [0.4, 0.5) is 0 Å². The highest BCUT2D eigenvalue weighted by molar-refractivity contribution is 7.99. The van der Waals surface area contributed by atoms with Gasteiger partial charge in [0.05, 0.1) is 0 Å². The van der Waals surface area contributed by atoms with Gasteiger partial charge in [0, 0.05) is 17.5 Å². The molecule has 0 amide bonds. The molecule has 2 rings (SSSR count). The monoisotopic (exact) mass is 233 g/mol. The zero-order valence-electron chi connectivity index (χ0n) is 9.04. The number of ketones is 1. The standard InChI is InChI=1S/C11H11N3OS/c1-8(15)9-3-5-10(6-4-9)16-11-13-12-7-14(11)2/h3-7H,1-2H3. The van der Waals surface area contributed by atoms with E-state index in [0.717, 1.165) is 15.6 Å². The minimum Gasteiger partial charge on any atom is -0.311 e. The number of aryl methyl sites for hydroxylation is 1. The third-order valence-electron chi connectivity index (χ3n) is 2.14. The maximum absolute atomic E-state index is 11.1. The van der Waals surface area contributed by atoms with Crippen LogP contribution >= 0.6 is 11.8 Å². The van der Waals surface area contributed by atoms with Gasteiger partial charge < -0.3 is 4.57 Å². The van der Waals surface area contributed by atoms with E-state index in [4.69, 9.17) is 0 Å². The summed E-state index contributed by atoms with van der Waals surface area (Å²) in [6.07, 6.45) is 1.66. The van der Waals surface area contributed by atoms with Crippen molar-refractivity contribution in [2.24, 2.45) is 7.05 Å². The van der Waals surface area contributed by atoms with Gasteiger partial charge in [-0.2, -0.15) is 0 Å².